The van der Waals surface area contributed by atoms with E-state index in [9.17, 15) is 26.1 Å². The molecular weight excluding hydrogens is 597 g/mol. The predicted octanol–water partition coefficient (Wildman–Crippen LogP) is 5.90. The summed E-state index contributed by atoms with van der Waals surface area (Å²) in [5.41, 5.74) is 3.54. The average molecular weight is 625 g/mol. The Labute approximate surface area is 252 Å². The van der Waals surface area contributed by atoms with Crippen molar-refractivity contribution in [1.29, 1.82) is 0 Å². The zero-order chi connectivity index (χ0) is 31.3. The Morgan fingerprint density at radius 2 is 1.61 bits per heavy atom. The fourth-order valence-electron chi connectivity index (χ4n) is 4.33. The van der Waals surface area contributed by atoms with Gasteiger partial charge in [0.1, 0.15) is 15.9 Å². The quantitative estimate of drug-likeness (QED) is 0.120. The Hall–Kier alpha value is -4.52. The van der Waals surface area contributed by atoms with Crippen LogP contribution in [0.5, 0.6) is 5.75 Å². The molecule has 0 bridgehead atoms. The number of aromatic nitrogens is 2. The topological polar surface area (TPSA) is 109 Å². The molecule has 1 aliphatic heterocycles. The molecule has 6 rings (SSSR count). The van der Waals surface area contributed by atoms with E-state index in [4.69, 9.17) is 13.9 Å². The highest BCUT2D eigenvalue weighted by Crippen LogP contribution is 2.30. The summed E-state index contributed by atoms with van der Waals surface area (Å²) in [5, 5.41) is 0. The summed E-state index contributed by atoms with van der Waals surface area (Å²) in [7, 11) is -3.03. The van der Waals surface area contributed by atoms with Gasteiger partial charge in [-0.1, -0.05) is 18.2 Å². The highest BCUT2D eigenvalue weighted by molar-refractivity contribution is 7.85. The summed E-state index contributed by atoms with van der Waals surface area (Å²) in [6.07, 6.45) is 2.75. The Kier molecular flexibility index (Phi) is 9.14. The van der Waals surface area contributed by atoms with Crippen molar-refractivity contribution in [2.45, 2.75) is 30.1 Å². The molecular formula is C32H27F3N2O6S. The molecule has 0 radical (unpaired) electrons. The van der Waals surface area contributed by atoms with Gasteiger partial charge in [-0.3, -0.25) is 0 Å². The lowest BCUT2D eigenvalue weighted by atomic mass is 10.1. The van der Waals surface area contributed by atoms with Crippen LogP contribution in [0, 0.1) is 0 Å². The predicted molar refractivity (Wildman–Crippen MR) is 153 cm³/mol. The van der Waals surface area contributed by atoms with E-state index in [2.05, 4.69) is 46.2 Å². The van der Waals surface area contributed by atoms with Gasteiger partial charge < -0.3 is 18.4 Å². The molecule has 0 amide bonds. The van der Waals surface area contributed by atoms with Gasteiger partial charge in [-0.2, -0.15) is 13.2 Å². The fraction of sp³-hybridized carbons (Fsp3) is 0.188. The lowest BCUT2D eigenvalue weighted by molar-refractivity contribution is -0.688. The van der Waals surface area contributed by atoms with Crippen molar-refractivity contribution >= 4 is 10.1 Å². The summed E-state index contributed by atoms with van der Waals surface area (Å²) in [6, 6.07) is 22.9. The summed E-state index contributed by atoms with van der Waals surface area (Å²) in [4.78, 5) is 3.77. The summed E-state index contributed by atoms with van der Waals surface area (Å²) < 4.78 is 85.7. The van der Waals surface area contributed by atoms with Crippen LogP contribution in [0.15, 0.2) is 113 Å². The van der Waals surface area contributed by atoms with Crippen molar-refractivity contribution < 1.29 is 44.6 Å². The Morgan fingerprint density at radius 3 is 2.20 bits per heavy atom. The summed E-state index contributed by atoms with van der Waals surface area (Å²) >= 11 is 0. The van der Waals surface area contributed by atoms with Crippen molar-refractivity contribution in [3.05, 3.63) is 120 Å². The highest BCUT2D eigenvalue weighted by atomic mass is 32.2. The van der Waals surface area contributed by atoms with Gasteiger partial charge in [-0.25, -0.2) is 18.0 Å². The van der Waals surface area contributed by atoms with E-state index in [0.29, 0.717) is 36.3 Å². The number of ether oxygens (including phenoxy) is 2. The minimum atomic E-state index is -4.68. The molecule has 0 N–H and O–H groups in total. The van der Waals surface area contributed by atoms with E-state index in [0.717, 1.165) is 42.2 Å². The molecule has 12 heteroatoms. The molecule has 1 saturated heterocycles. The van der Waals surface area contributed by atoms with Crippen LogP contribution in [-0.2, 0) is 34.0 Å². The molecule has 1 unspecified atom stereocenters. The number of epoxide rings is 1. The number of methoxy groups -OCH3 is 1. The Balaban J connectivity index is 0.000000232. The largest absolute Gasteiger partial charge is 0.744 e. The monoisotopic (exact) mass is 624 g/mol. The SMILES string of the molecule is COc1ccc(-c2cnc(-c3cc[n+](Cc4cccc(CC5CO5)c4)cc3)o2)cc1.O=S(=O)([O-])c1ccc(C(F)(F)F)cc1. The van der Waals surface area contributed by atoms with Crippen LogP contribution < -0.4 is 9.30 Å². The minimum absolute atomic E-state index is 0.413. The van der Waals surface area contributed by atoms with E-state index in [1.807, 2.05) is 36.4 Å². The zero-order valence-electron chi connectivity index (χ0n) is 23.4. The molecule has 5 aromatic rings. The number of pyridine rings is 1. The smallest absolute Gasteiger partial charge is 0.416 e. The number of benzene rings is 3. The van der Waals surface area contributed by atoms with E-state index in [1.54, 1.807) is 13.3 Å². The van der Waals surface area contributed by atoms with Gasteiger partial charge in [0, 0.05) is 35.2 Å². The Morgan fingerprint density at radius 1 is 0.955 bits per heavy atom. The third-order valence-electron chi connectivity index (χ3n) is 6.71. The number of rotatable bonds is 8. The second-order valence-corrected chi connectivity index (χ2v) is 11.4. The number of hydrogen-bond acceptors (Lipinski definition) is 7. The molecule has 2 aromatic heterocycles. The van der Waals surface area contributed by atoms with Crippen molar-refractivity contribution in [2.75, 3.05) is 13.7 Å². The number of nitrogens with zero attached hydrogens (tertiary/aromatic N) is 2. The second-order valence-electron chi connectivity index (χ2n) is 9.97. The van der Waals surface area contributed by atoms with Gasteiger partial charge in [-0.05, 0) is 60.2 Å². The van der Waals surface area contributed by atoms with E-state index < -0.39 is 26.8 Å². The van der Waals surface area contributed by atoms with E-state index in [1.165, 1.54) is 11.1 Å². The molecule has 3 heterocycles. The van der Waals surface area contributed by atoms with Crippen molar-refractivity contribution in [3.8, 4) is 28.5 Å². The van der Waals surface area contributed by atoms with Crippen LogP contribution in [0.2, 0.25) is 0 Å². The van der Waals surface area contributed by atoms with E-state index in [-0.39, 0.29) is 0 Å². The van der Waals surface area contributed by atoms with Crippen molar-refractivity contribution in [2.24, 2.45) is 0 Å². The molecule has 3 aromatic carbocycles. The molecule has 1 aliphatic rings. The first-order valence-electron chi connectivity index (χ1n) is 13.4. The maximum Gasteiger partial charge on any atom is 0.416 e. The van der Waals surface area contributed by atoms with Crippen LogP contribution in [0.3, 0.4) is 0 Å². The number of hydrogen-bond donors (Lipinski definition) is 0. The maximum atomic E-state index is 12.0. The first-order chi connectivity index (χ1) is 21.0. The normalized spacial score (nSPS) is 14.4. The van der Waals surface area contributed by atoms with Gasteiger partial charge in [0.05, 0.1) is 36.5 Å². The van der Waals surface area contributed by atoms with E-state index >= 15 is 0 Å². The molecule has 44 heavy (non-hydrogen) atoms. The summed E-state index contributed by atoms with van der Waals surface area (Å²) in [6.45, 7) is 1.71. The van der Waals surface area contributed by atoms with Gasteiger partial charge in [0.25, 0.3) is 0 Å². The van der Waals surface area contributed by atoms with Gasteiger partial charge in [0.2, 0.25) is 5.89 Å². The number of alkyl halides is 3. The highest BCUT2D eigenvalue weighted by Gasteiger charge is 2.30. The molecule has 0 spiro atoms. The standard InChI is InChI=1S/C25H23N2O3.C7H5F3O3S/c1-28-22-7-5-20(6-8-22)24-15-26-25(30-24)21-9-11-27(12-10-21)16-19-4-2-3-18(13-19)14-23-17-29-23;8-7(9,10)5-1-3-6(4-2-5)14(11,12)13/h2-13,15,23H,14,16-17H2,1H3;1-4H,(H,11,12,13)/q+1;/p-1. The van der Waals surface area contributed by atoms with Gasteiger partial charge in [-0.15, -0.1) is 0 Å². The maximum absolute atomic E-state index is 12.0. The molecule has 1 fully saturated rings. The molecule has 8 nitrogen and oxygen atoms in total. The average Bonchev–Trinajstić information content (AvgIpc) is 3.68. The first kappa shape index (κ1) is 30.9. The van der Waals surface area contributed by atoms with Crippen LogP contribution in [0.25, 0.3) is 22.8 Å². The Bertz CT molecular complexity index is 1800. The van der Waals surface area contributed by atoms with Crippen molar-refractivity contribution in [3.63, 3.8) is 0 Å². The second kappa shape index (κ2) is 13.0. The molecule has 0 aliphatic carbocycles. The third-order valence-corrected chi connectivity index (χ3v) is 7.56. The van der Waals surface area contributed by atoms with Crippen LogP contribution in [0.1, 0.15) is 16.7 Å². The number of oxazole rings is 1. The first-order valence-corrected chi connectivity index (χ1v) is 14.8. The van der Waals surface area contributed by atoms with Crippen LogP contribution in [0.4, 0.5) is 13.2 Å². The molecule has 228 valence electrons. The van der Waals surface area contributed by atoms with Crippen molar-refractivity contribution in [1.82, 2.24) is 4.98 Å². The number of halogens is 3. The lowest BCUT2D eigenvalue weighted by Crippen LogP contribution is -2.33. The minimum Gasteiger partial charge on any atom is -0.744 e. The fourth-order valence-corrected chi connectivity index (χ4v) is 4.80. The van der Waals surface area contributed by atoms with Gasteiger partial charge >= 0.3 is 6.18 Å². The summed E-state index contributed by atoms with van der Waals surface area (Å²) in [5.74, 6) is 2.16. The third kappa shape index (κ3) is 8.31. The van der Waals surface area contributed by atoms with Gasteiger partial charge in [0.15, 0.2) is 24.7 Å². The molecule has 0 saturated carbocycles. The van der Waals surface area contributed by atoms with Crippen LogP contribution in [-0.4, -0.2) is 37.8 Å². The zero-order valence-corrected chi connectivity index (χ0v) is 24.2. The van der Waals surface area contributed by atoms with Crippen LogP contribution >= 0.6 is 0 Å². The molecule has 1 atom stereocenters. The lowest BCUT2D eigenvalue weighted by Gasteiger charge is -2.09.